The molecule has 0 saturated carbocycles. The molecule has 0 bridgehead atoms. The Balaban J connectivity index is 4.17. The quantitative estimate of drug-likeness (QED) is 0.0211. The first-order chi connectivity index (χ1) is 40.6. The number of unbranched alkanes of at least 4 members (excludes halogenated alkanes) is 29. The maximum atomic E-state index is 12.9. The van der Waals surface area contributed by atoms with Crippen LogP contribution in [0.4, 0.5) is 0 Å². The van der Waals surface area contributed by atoms with Gasteiger partial charge < -0.3 is 28.5 Å². The number of carbonyl (C=O) groups excluding carboxylic acids is 2. The third kappa shape index (κ3) is 65.3. The van der Waals surface area contributed by atoms with Gasteiger partial charge in [0.25, 0.3) is 6.29 Å². The van der Waals surface area contributed by atoms with Gasteiger partial charge in [0, 0.05) is 12.8 Å². The number of allylic oxidation sites excluding steroid dienone is 18. The van der Waals surface area contributed by atoms with Crippen molar-refractivity contribution in [2.45, 2.75) is 296 Å². The Kier molecular flexibility index (Phi) is 60.8. The number of ether oxygens (including phenoxy) is 4. The number of hydrogen-bond acceptors (Lipinski definition) is 7. The minimum absolute atomic E-state index is 0.183. The highest BCUT2D eigenvalue weighted by Gasteiger charge is 2.25. The fraction of sp³-hybridized carbons (Fsp3) is 0.716. The lowest BCUT2D eigenvalue weighted by Crippen LogP contribution is -2.40. The molecule has 0 saturated heterocycles. The maximum absolute atomic E-state index is 12.9. The Bertz CT molecular complexity index is 1730. The summed E-state index contributed by atoms with van der Waals surface area (Å²) < 4.78 is 23.0. The van der Waals surface area contributed by atoms with E-state index in [1.807, 2.05) is 21.1 Å². The molecule has 83 heavy (non-hydrogen) atoms. The van der Waals surface area contributed by atoms with Crippen LogP contribution in [0.5, 0.6) is 0 Å². The zero-order valence-electron chi connectivity index (χ0n) is 54.3. The van der Waals surface area contributed by atoms with Gasteiger partial charge >= 0.3 is 17.9 Å². The SMILES string of the molecule is CC/C=C\C/C=C\C/C=C\C/C=C\C/C=C\C/C=C\CCCCCCCCCCCCCCC(=O)OC(COC(=O)CCCCCCCCCCCCCC/C=C\C/C=C\C/C=C\CCCCCCC)COC(OCC[N+](C)(C)C)C(=O)O. The van der Waals surface area contributed by atoms with E-state index in [4.69, 9.17) is 18.9 Å². The summed E-state index contributed by atoms with van der Waals surface area (Å²) in [6.45, 7) is 4.76. The van der Waals surface area contributed by atoms with Crippen molar-refractivity contribution in [1.29, 1.82) is 0 Å². The smallest absolute Gasteiger partial charge is 0.361 e. The molecular weight excluding hydrogens is 1030 g/mol. The summed E-state index contributed by atoms with van der Waals surface area (Å²) in [5.74, 6) is -2.01. The molecule has 1 N–H and O–H groups in total. The Morgan fingerprint density at radius 2 is 0.687 bits per heavy atom. The lowest BCUT2D eigenvalue weighted by molar-refractivity contribution is -0.870. The first-order valence-electron chi connectivity index (χ1n) is 34.1. The van der Waals surface area contributed by atoms with Crippen LogP contribution in [0.3, 0.4) is 0 Å². The van der Waals surface area contributed by atoms with Crippen LogP contribution >= 0.6 is 0 Å². The average Bonchev–Trinajstić information content (AvgIpc) is 3.46. The average molecular weight is 1160 g/mol. The molecule has 476 valence electrons. The molecule has 0 rings (SSSR count). The van der Waals surface area contributed by atoms with E-state index in [9.17, 15) is 19.5 Å². The van der Waals surface area contributed by atoms with Crippen LogP contribution in [0.2, 0.25) is 0 Å². The predicted molar refractivity (Wildman–Crippen MR) is 355 cm³/mol. The Labute approximate surface area is 511 Å². The second-order valence-electron chi connectivity index (χ2n) is 23.7. The van der Waals surface area contributed by atoms with Crippen molar-refractivity contribution in [3.63, 3.8) is 0 Å². The van der Waals surface area contributed by atoms with Crippen LogP contribution in [0.15, 0.2) is 109 Å². The number of hydrogen-bond donors (Lipinski definition) is 1. The monoisotopic (exact) mass is 1160 g/mol. The van der Waals surface area contributed by atoms with Gasteiger partial charge in [-0.3, -0.25) is 9.59 Å². The number of aliphatic carboxylic acids is 1. The van der Waals surface area contributed by atoms with Crippen molar-refractivity contribution in [3.8, 4) is 0 Å². The van der Waals surface area contributed by atoms with E-state index in [0.29, 0.717) is 23.9 Å². The van der Waals surface area contributed by atoms with Crippen molar-refractivity contribution >= 4 is 17.9 Å². The minimum atomic E-state index is -1.52. The Morgan fingerprint density at radius 1 is 0.373 bits per heavy atom. The highest BCUT2D eigenvalue weighted by molar-refractivity contribution is 5.71. The van der Waals surface area contributed by atoms with Crippen LogP contribution in [0, 0.1) is 0 Å². The largest absolute Gasteiger partial charge is 0.477 e. The number of esters is 2. The van der Waals surface area contributed by atoms with Crippen molar-refractivity contribution in [2.24, 2.45) is 0 Å². The van der Waals surface area contributed by atoms with Gasteiger partial charge in [-0.1, -0.05) is 277 Å². The van der Waals surface area contributed by atoms with Crippen LogP contribution < -0.4 is 0 Å². The van der Waals surface area contributed by atoms with E-state index in [1.165, 1.54) is 161 Å². The summed E-state index contributed by atoms with van der Waals surface area (Å²) in [7, 11) is 5.97. The highest BCUT2D eigenvalue weighted by Crippen LogP contribution is 2.17. The van der Waals surface area contributed by atoms with Gasteiger partial charge in [0.1, 0.15) is 13.2 Å². The van der Waals surface area contributed by atoms with E-state index >= 15 is 0 Å². The predicted octanol–water partition coefficient (Wildman–Crippen LogP) is 21.0. The molecule has 0 heterocycles. The molecule has 0 aromatic carbocycles. The standard InChI is InChI=1S/C74H127NO8/c1-6-8-10-12-14-16-18-20-22-24-26-28-30-32-34-35-36-37-39-41-43-45-47-49-51-53-55-57-59-61-63-65-72(77)83-70(69-82-74(73(78)79)80-67-66-75(3,4)5)68-81-71(76)64-62-60-58-56-54-52-50-48-46-44-42-40-38-33-31-29-27-25-23-21-19-17-15-13-11-9-7-2/h8,10,14,16,19-22,25-28,31-34,36-37,70,74H,6-7,9,11-13,15,17-18,23-24,29-30,35,38-69H2,1-5H3/p+1/b10-8-,16-14-,21-19-,22-20-,27-25-,28-26-,33-31-,34-32-,37-36-. The van der Waals surface area contributed by atoms with Gasteiger partial charge in [0.2, 0.25) is 0 Å². The Morgan fingerprint density at radius 3 is 1.02 bits per heavy atom. The van der Waals surface area contributed by atoms with E-state index < -0.39 is 24.3 Å². The molecule has 0 radical (unpaired) electrons. The molecule has 9 nitrogen and oxygen atoms in total. The zero-order chi connectivity index (χ0) is 60.5. The molecule has 0 amide bonds. The lowest BCUT2D eigenvalue weighted by Gasteiger charge is -2.25. The third-order valence-electron chi connectivity index (χ3n) is 14.5. The Hall–Kier alpha value is -4.05. The summed E-state index contributed by atoms with van der Waals surface area (Å²) in [5.41, 5.74) is 0. The molecular formula is C74H128NO8+. The summed E-state index contributed by atoms with van der Waals surface area (Å²) in [6, 6.07) is 0. The van der Waals surface area contributed by atoms with E-state index in [2.05, 4.69) is 123 Å². The van der Waals surface area contributed by atoms with Crippen LogP contribution in [-0.4, -0.2) is 87.4 Å². The van der Waals surface area contributed by atoms with Gasteiger partial charge in [-0.15, -0.1) is 0 Å². The summed E-state index contributed by atoms with van der Waals surface area (Å²) >= 11 is 0. The number of quaternary nitrogens is 1. The van der Waals surface area contributed by atoms with Gasteiger partial charge in [0.05, 0.1) is 34.4 Å². The fourth-order valence-corrected chi connectivity index (χ4v) is 9.32. The van der Waals surface area contributed by atoms with Crippen molar-refractivity contribution in [2.75, 3.05) is 47.5 Å². The van der Waals surface area contributed by atoms with Crippen molar-refractivity contribution in [1.82, 2.24) is 0 Å². The first-order valence-corrected chi connectivity index (χ1v) is 34.1. The molecule has 0 aliphatic carbocycles. The summed E-state index contributed by atoms with van der Waals surface area (Å²) in [6.07, 6.45) is 86.1. The number of nitrogens with zero attached hydrogens (tertiary/aromatic N) is 1. The first kappa shape index (κ1) is 79.0. The summed E-state index contributed by atoms with van der Waals surface area (Å²) in [5, 5.41) is 9.74. The molecule has 9 heteroatoms. The lowest BCUT2D eigenvalue weighted by atomic mass is 10.0. The van der Waals surface area contributed by atoms with Crippen molar-refractivity contribution in [3.05, 3.63) is 109 Å². The second kappa shape index (κ2) is 64.0. The van der Waals surface area contributed by atoms with E-state index in [-0.39, 0.29) is 32.2 Å². The van der Waals surface area contributed by atoms with Gasteiger partial charge in [-0.05, 0) is 103 Å². The highest BCUT2D eigenvalue weighted by atomic mass is 16.7. The molecule has 0 fully saturated rings. The third-order valence-corrected chi connectivity index (χ3v) is 14.5. The van der Waals surface area contributed by atoms with Crippen LogP contribution in [0.25, 0.3) is 0 Å². The van der Waals surface area contributed by atoms with Crippen LogP contribution in [0.1, 0.15) is 284 Å². The molecule has 0 spiro atoms. The second-order valence-corrected chi connectivity index (χ2v) is 23.7. The number of carboxylic acids is 1. The normalized spacial score (nSPS) is 13.4. The van der Waals surface area contributed by atoms with E-state index in [1.54, 1.807) is 0 Å². The minimum Gasteiger partial charge on any atom is -0.477 e. The molecule has 0 aliphatic rings. The molecule has 2 unspecified atom stereocenters. The fourth-order valence-electron chi connectivity index (χ4n) is 9.32. The summed E-state index contributed by atoms with van der Waals surface area (Å²) in [4.78, 5) is 37.6. The number of carboxylic acid groups (broad SMARTS) is 1. The number of likely N-dealkylation sites (N-methyl/N-ethyl adjacent to an activating group) is 1. The van der Waals surface area contributed by atoms with Gasteiger partial charge in [-0.25, -0.2) is 4.79 Å². The maximum Gasteiger partial charge on any atom is 0.361 e. The number of rotatable bonds is 62. The van der Waals surface area contributed by atoms with Gasteiger partial charge in [0.15, 0.2) is 6.10 Å². The van der Waals surface area contributed by atoms with Crippen LogP contribution in [-0.2, 0) is 33.3 Å². The van der Waals surface area contributed by atoms with Crippen molar-refractivity contribution < 1.29 is 42.9 Å². The number of carbonyl (C=O) groups is 3. The molecule has 0 aromatic heterocycles. The molecule has 2 atom stereocenters. The molecule has 0 aromatic rings. The van der Waals surface area contributed by atoms with E-state index in [0.717, 1.165) is 89.9 Å². The zero-order valence-corrected chi connectivity index (χ0v) is 54.3. The topological polar surface area (TPSA) is 108 Å². The van der Waals surface area contributed by atoms with Gasteiger partial charge in [-0.2, -0.15) is 0 Å². The molecule has 0 aliphatic heterocycles.